The van der Waals surface area contributed by atoms with E-state index in [0.29, 0.717) is 32.5 Å². The van der Waals surface area contributed by atoms with Crippen molar-refractivity contribution in [1.29, 1.82) is 0 Å². The predicted octanol–water partition coefficient (Wildman–Crippen LogP) is 0.677. The van der Waals surface area contributed by atoms with Crippen LogP contribution in [0, 0.1) is 5.92 Å². The lowest BCUT2D eigenvalue weighted by molar-refractivity contribution is -0.123. The third-order valence-corrected chi connectivity index (χ3v) is 4.55. The minimum atomic E-state index is -0.412. The number of nitrogens with two attached hydrogens (primary N) is 1. The maximum Gasteiger partial charge on any atom is 0.272 e. The molecule has 0 atom stereocenters. The quantitative estimate of drug-likeness (QED) is 0.730. The fourth-order valence-corrected chi connectivity index (χ4v) is 3.02. The number of carbonyl (C=O) groups excluding carboxylic acids is 3. The number of imidazole rings is 1. The number of aromatic nitrogens is 2. The van der Waals surface area contributed by atoms with Crippen LogP contribution in [0.5, 0.6) is 0 Å². The van der Waals surface area contributed by atoms with Crippen LogP contribution in [0.3, 0.4) is 0 Å². The molecule has 1 aromatic carbocycles. The molecule has 0 aliphatic carbocycles. The zero-order valence-corrected chi connectivity index (χ0v) is 14.3. The normalized spacial score (nSPS) is 14.8. The lowest BCUT2D eigenvalue weighted by Gasteiger charge is -2.30. The lowest BCUT2D eigenvalue weighted by Crippen LogP contribution is -2.42. The molecule has 2 aromatic rings. The van der Waals surface area contributed by atoms with Crippen LogP contribution in [-0.2, 0) is 11.3 Å². The van der Waals surface area contributed by atoms with Gasteiger partial charge in [0.2, 0.25) is 5.91 Å². The Labute approximate surface area is 150 Å². The van der Waals surface area contributed by atoms with Gasteiger partial charge in [0.15, 0.2) is 5.69 Å². The van der Waals surface area contributed by atoms with Crippen LogP contribution in [0.25, 0.3) is 0 Å². The van der Waals surface area contributed by atoms with E-state index >= 15 is 0 Å². The Kier molecular flexibility index (Phi) is 5.31. The van der Waals surface area contributed by atoms with Gasteiger partial charge in [-0.05, 0) is 18.4 Å². The average Bonchev–Trinajstić information content (AvgIpc) is 3.16. The van der Waals surface area contributed by atoms with Crippen molar-refractivity contribution in [3.63, 3.8) is 0 Å². The number of benzene rings is 1. The summed E-state index contributed by atoms with van der Waals surface area (Å²) in [6, 6.07) is 9.48. The molecule has 1 aliphatic heterocycles. The van der Waals surface area contributed by atoms with E-state index in [2.05, 4.69) is 15.3 Å². The standard InChI is InChI=1S/C18H21N5O3/c19-16(24)13-6-8-23(9-7-13)18(26)15-14(21-11-22-15)17(25)20-10-12-4-2-1-3-5-12/h1-5,11,13H,6-10H2,(H2,19,24)(H,20,25)(H,21,22). The number of rotatable bonds is 5. The summed E-state index contributed by atoms with van der Waals surface area (Å²) in [5.41, 5.74) is 6.51. The molecule has 0 bridgehead atoms. The topological polar surface area (TPSA) is 121 Å². The van der Waals surface area contributed by atoms with Gasteiger partial charge in [-0.2, -0.15) is 0 Å². The summed E-state index contributed by atoms with van der Waals surface area (Å²) in [5, 5.41) is 2.77. The first-order valence-electron chi connectivity index (χ1n) is 8.50. The number of nitrogens with zero attached hydrogens (tertiary/aromatic N) is 2. The summed E-state index contributed by atoms with van der Waals surface area (Å²) in [4.78, 5) is 44.7. The van der Waals surface area contributed by atoms with Gasteiger partial charge in [-0.15, -0.1) is 0 Å². The Bertz CT molecular complexity index is 794. The highest BCUT2D eigenvalue weighted by molar-refractivity contribution is 6.04. The molecular weight excluding hydrogens is 334 g/mol. The first kappa shape index (κ1) is 17.7. The lowest BCUT2D eigenvalue weighted by atomic mass is 9.96. The third kappa shape index (κ3) is 3.90. The Morgan fingerprint density at radius 3 is 2.54 bits per heavy atom. The van der Waals surface area contributed by atoms with Crippen molar-refractivity contribution >= 4 is 17.7 Å². The molecule has 1 aliphatic rings. The monoisotopic (exact) mass is 355 g/mol. The van der Waals surface area contributed by atoms with Crippen molar-refractivity contribution in [1.82, 2.24) is 20.2 Å². The molecule has 3 amide bonds. The van der Waals surface area contributed by atoms with Crippen molar-refractivity contribution in [2.45, 2.75) is 19.4 Å². The van der Waals surface area contributed by atoms with E-state index < -0.39 is 5.91 Å². The van der Waals surface area contributed by atoms with Gasteiger partial charge in [0.1, 0.15) is 5.69 Å². The Balaban J connectivity index is 1.63. The minimum Gasteiger partial charge on any atom is -0.369 e. The highest BCUT2D eigenvalue weighted by atomic mass is 16.2. The summed E-state index contributed by atoms with van der Waals surface area (Å²) in [6.07, 6.45) is 2.40. The summed E-state index contributed by atoms with van der Waals surface area (Å²) < 4.78 is 0. The van der Waals surface area contributed by atoms with Crippen LogP contribution in [0.4, 0.5) is 0 Å². The van der Waals surface area contributed by atoms with Gasteiger partial charge in [-0.25, -0.2) is 4.98 Å². The van der Waals surface area contributed by atoms with E-state index in [1.165, 1.54) is 6.33 Å². The maximum atomic E-state index is 12.7. The SMILES string of the molecule is NC(=O)C1CCN(C(=O)c2[nH]cnc2C(=O)NCc2ccccc2)CC1. The van der Waals surface area contributed by atoms with Crippen molar-refractivity contribution in [2.75, 3.05) is 13.1 Å². The molecule has 1 fully saturated rings. The Morgan fingerprint density at radius 2 is 1.88 bits per heavy atom. The number of piperidine rings is 1. The van der Waals surface area contributed by atoms with Gasteiger partial charge in [-0.1, -0.05) is 30.3 Å². The molecule has 3 rings (SSSR count). The predicted molar refractivity (Wildman–Crippen MR) is 94.0 cm³/mol. The molecular formula is C18H21N5O3. The number of hydrogen-bond donors (Lipinski definition) is 3. The molecule has 26 heavy (non-hydrogen) atoms. The molecule has 1 aromatic heterocycles. The van der Waals surface area contributed by atoms with E-state index in [0.717, 1.165) is 5.56 Å². The molecule has 8 nitrogen and oxygen atoms in total. The van der Waals surface area contributed by atoms with Crippen LogP contribution < -0.4 is 11.1 Å². The van der Waals surface area contributed by atoms with Gasteiger partial charge < -0.3 is 20.9 Å². The maximum absolute atomic E-state index is 12.7. The number of H-pyrrole nitrogens is 1. The zero-order chi connectivity index (χ0) is 18.5. The molecule has 8 heteroatoms. The second-order valence-corrected chi connectivity index (χ2v) is 6.26. The zero-order valence-electron chi connectivity index (χ0n) is 14.3. The van der Waals surface area contributed by atoms with Crippen LogP contribution >= 0.6 is 0 Å². The Morgan fingerprint density at radius 1 is 1.19 bits per heavy atom. The Hall–Kier alpha value is -3.16. The number of carbonyl (C=O) groups is 3. The van der Waals surface area contributed by atoms with E-state index in [4.69, 9.17) is 5.73 Å². The number of aromatic amines is 1. The van der Waals surface area contributed by atoms with E-state index in [-0.39, 0.29) is 29.1 Å². The summed E-state index contributed by atoms with van der Waals surface area (Å²) in [6.45, 7) is 1.21. The summed E-state index contributed by atoms with van der Waals surface area (Å²) in [5.74, 6) is -1.24. The van der Waals surface area contributed by atoms with E-state index in [9.17, 15) is 14.4 Å². The molecule has 0 unspecified atom stereocenters. The highest BCUT2D eigenvalue weighted by Gasteiger charge is 2.29. The van der Waals surface area contributed by atoms with Gasteiger partial charge >= 0.3 is 0 Å². The summed E-state index contributed by atoms with van der Waals surface area (Å²) in [7, 11) is 0. The van der Waals surface area contributed by atoms with E-state index in [1.807, 2.05) is 30.3 Å². The van der Waals surface area contributed by atoms with Crippen LogP contribution in [-0.4, -0.2) is 45.7 Å². The molecule has 136 valence electrons. The molecule has 0 saturated carbocycles. The van der Waals surface area contributed by atoms with Gasteiger partial charge in [0, 0.05) is 25.6 Å². The molecule has 0 radical (unpaired) electrons. The number of amides is 3. The number of likely N-dealkylation sites (tertiary alicyclic amines) is 1. The minimum absolute atomic E-state index is 0.0722. The average molecular weight is 355 g/mol. The molecule has 1 saturated heterocycles. The second kappa shape index (κ2) is 7.81. The summed E-state index contributed by atoms with van der Waals surface area (Å²) >= 11 is 0. The van der Waals surface area contributed by atoms with Crippen molar-refractivity contribution in [3.8, 4) is 0 Å². The first-order chi connectivity index (χ1) is 12.6. The van der Waals surface area contributed by atoms with Crippen LogP contribution in [0.2, 0.25) is 0 Å². The number of hydrogen-bond acceptors (Lipinski definition) is 4. The van der Waals surface area contributed by atoms with Gasteiger partial charge in [-0.3, -0.25) is 14.4 Å². The fourth-order valence-electron chi connectivity index (χ4n) is 3.02. The molecule has 2 heterocycles. The largest absolute Gasteiger partial charge is 0.369 e. The van der Waals surface area contributed by atoms with Gasteiger partial charge in [0.05, 0.1) is 6.33 Å². The van der Waals surface area contributed by atoms with Crippen molar-refractivity contribution in [2.24, 2.45) is 11.7 Å². The van der Waals surface area contributed by atoms with Crippen molar-refractivity contribution in [3.05, 3.63) is 53.6 Å². The van der Waals surface area contributed by atoms with E-state index in [1.54, 1.807) is 4.90 Å². The number of primary amides is 1. The fraction of sp³-hybridized carbons (Fsp3) is 0.333. The third-order valence-electron chi connectivity index (χ3n) is 4.55. The first-order valence-corrected chi connectivity index (χ1v) is 8.50. The van der Waals surface area contributed by atoms with Crippen LogP contribution in [0.1, 0.15) is 39.4 Å². The molecule has 0 spiro atoms. The van der Waals surface area contributed by atoms with Crippen LogP contribution in [0.15, 0.2) is 36.7 Å². The van der Waals surface area contributed by atoms with Gasteiger partial charge in [0.25, 0.3) is 11.8 Å². The van der Waals surface area contributed by atoms with Crippen molar-refractivity contribution < 1.29 is 14.4 Å². The number of nitrogens with one attached hydrogen (secondary N) is 2. The second-order valence-electron chi connectivity index (χ2n) is 6.26. The smallest absolute Gasteiger partial charge is 0.272 e. The molecule has 4 N–H and O–H groups in total. The highest BCUT2D eigenvalue weighted by Crippen LogP contribution is 2.19.